The van der Waals surface area contributed by atoms with Crippen molar-refractivity contribution in [3.63, 3.8) is 0 Å². The number of hydrogen-bond acceptors (Lipinski definition) is 4. The number of amides is 1. The average Bonchev–Trinajstić information content (AvgIpc) is 2.58. The maximum Gasteiger partial charge on any atom is 0.272 e. The molecular formula is C19H20Br2N2O3. The first-order chi connectivity index (χ1) is 12.4. The Hall–Kier alpha value is -1.86. The van der Waals surface area contributed by atoms with Gasteiger partial charge in [0.15, 0.2) is 11.5 Å². The summed E-state index contributed by atoms with van der Waals surface area (Å²) in [6.45, 7) is 6.33. The minimum Gasteiger partial charge on any atom is -0.490 e. The summed E-state index contributed by atoms with van der Waals surface area (Å²) in [6.07, 6.45) is 1.58. The predicted molar refractivity (Wildman–Crippen MR) is 110 cm³/mol. The van der Waals surface area contributed by atoms with Crippen molar-refractivity contribution in [3.05, 3.63) is 56.5 Å². The van der Waals surface area contributed by atoms with E-state index in [-0.39, 0.29) is 12.0 Å². The summed E-state index contributed by atoms with van der Waals surface area (Å²) >= 11 is 6.85. The van der Waals surface area contributed by atoms with E-state index < -0.39 is 0 Å². The third-order valence-electron chi connectivity index (χ3n) is 3.18. The normalized spacial score (nSPS) is 11.0. The summed E-state index contributed by atoms with van der Waals surface area (Å²) < 4.78 is 12.9. The van der Waals surface area contributed by atoms with Gasteiger partial charge in [-0.05, 0) is 82.5 Å². The third kappa shape index (κ3) is 5.57. The van der Waals surface area contributed by atoms with Gasteiger partial charge in [-0.3, -0.25) is 4.79 Å². The van der Waals surface area contributed by atoms with E-state index in [1.54, 1.807) is 24.4 Å². The molecule has 0 aliphatic heterocycles. The number of halogens is 2. The standard InChI is InChI=1S/C19H20Br2N2O3/c1-4-25-17-10-13(9-16(21)18(17)26-12(2)3)11-22-23-19(24)14-7-5-6-8-15(14)20/h5-12H,4H2,1-3H3,(H,23,24)/b22-11-. The van der Waals surface area contributed by atoms with E-state index in [1.165, 1.54) is 0 Å². The van der Waals surface area contributed by atoms with Crippen molar-refractivity contribution in [2.45, 2.75) is 26.9 Å². The first-order valence-electron chi connectivity index (χ1n) is 8.13. The summed E-state index contributed by atoms with van der Waals surface area (Å²) in [4.78, 5) is 12.2. The van der Waals surface area contributed by atoms with E-state index in [0.717, 1.165) is 10.0 Å². The fraction of sp³-hybridized carbons (Fsp3) is 0.263. The van der Waals surface area contributed by atoms with Gasteiger partial charge < -0.3 is 9.47 Å². The maximum absolute atomic E-state index is 12.2. The number of rotatable bonds is 7. The molecule has 0 aliphatic rings. The Kier molecular flexibility index (Phi) is 7.66. The van der Waals surface area contributed by atoms with Gasteiger partial charge in [0.25, 0.3) is 5.91 Å². The highest BCUT2D eigenvalue weighted by atomic mass is 79.9. The zero-order valence-electron chi connectivity index (χ0n) is 14.8. The molecule has 0 aliphatic carbocycles. The second-order valence-corrected chi connectivity index (χ2v) is 7.32. The van der Waals surface area contributed by atoms with Crippen molar-refractivity contribution in [2.24, 2.45) is 5.10 Å². The Morgan fingerprint density at radius 2 is 1.96 bits per heavy atom. The van der Waals surface area contributed by atoms with Gasteiger partial charge >= 0.3 is 0 Å². The van der Waals surface area contributed by atoms with E-state index in [9.17, 15) is 4.79 Å². The molecule has 26 heavy (non-hydrogen) atoms. The van der Waals surface area contributed by atoms with Crippen LogP contribution >= 0.6 is 31.9 Å². The van der Waals surface area contributed by atoms with Crippen molar-refractivity contribution in [2.75, 3.05) is 6.61 Å². The molecule has 1 N–H and O–H groups in total. The van der Waals surface area contributed by atoms with E-state index in [1.807, 2.05) is 39.0 Å². The SMILES string of the molecule is CCOc1cc(/C=N\NC(=O)c2ccccc2Br)cc(Br)c1OC(C)C. The van der Waals surface area contributed by atoms with Gasteiger partial charge in [-0.25, -0.2) is 5.43 Å². The van der Waals surface area contributed by atoms with Gasteiger partial charge in [0.2, 0.25) is 0 Å². The van der Waals surface area contributed by atoms with Crippen LogP contribution in [0.15, 0.2) is 50.4 Å². The number of hydrogen-bond donors (Lipinski definition) is 1. The molecule has 2 aromatic carbocycles. The van der Waals surface area contributed by atoms with Crippen LogP contribution in [0.2, 0.25) is 0 Å². The van der Waals surface area contributed by atoms with Gasteiger partial charge in [-0.2, -0.15) is 5.10 Å². The molecule has 0 atom stereocenters. The van der Waals surface area contributed by atoms with Crippen LogP contribution < -0.4 is 14.9 Å². The summed E-state index contributed by atoms with van der Waals surface area (Å²) in [5, 5.41) is 4.03. The van der Waals surface area contributed by atoms with Gasteiger partial charge in [-0.1, -0.05) is 12.1 Å². The number of ether oxygens (including phenoxy) is 2. The Balaban J connectivity index is 2.17. The molecule has 0 saturated heterocycles. The Morgan fingerprint density at radius 3 is 2.62 bits per heavy atom. The van der Waals surface area contributed by atoms with Gasteiger partial charge in [-0.15, -0.1) is 0 Å². The van der Waals surface area contributed by atoms with Crippen LogP contribution in [0.3, 0.4) is 0 Å². The highest BCUT2D eigenvalue weighted by Gasteiger charge is 2.13. The lowest BCUT2D eigenvalue weighted by atomic mass is 10.2. The molecule has 138 valence electrons. The van der Waals surface area contributed by atoms with E-state index >= 15 is 0 Å². The molecule has 0 aromatic heterocycles. The van der Waals surface area contributed by atoms with Crippen LogP contribution in [0.25, 0.3) is 0 Å². The van der Waals surface area contributed by atoms with Crippen molar-refractivity contribution in [1.29, 1.82) is 0 Å². The summed E-state index contributed by atoms with van der Waals surface area (Å²) in [5.41, 5.74) is 3.80. The van der Waals surface area contributed by atoms with Crippen LogP contribution in [0, 0.1) is 0 Å². The second-order valence-electron chi connectivity index (χ2n) is 5.61. The average molecular weight is 484 g/mol. The fourth-order valence-corrected chi connectivity index (χ4v) is 3.16. The van der Waals surface area contributed by atoms with Crippen LogP contribution in [0.1, 0.15) is 36.7 Å². The number of nitrogens with zero attached hydrogens (tertiary/aromatic N) is 1. The number of carbonyl (C=O) groups is 1. The van der Waals surface area contributed by atoms with Crippen LogP contribution in [0.5, 0.6) is 11.5 Å². The largest absolute Gasteiger partial charge is 0.490 e. The molecule has 2 rings (SSSR count). The highest BCUT2D eigenvalue weighted by Crippen LogP contribution is 2.37. The smallest absolute Gasteiger partial charge is 0.272 e. The first-order valence-corrected chi connectivity index (χ1v) is 9.72. The highest BCUT2D eigenvalue weighted by molar-refractivity contribution is 9.10. The van der Waals surface area contributed by atoms with Crippen LogP contribution in [-0.4, -0.2) is 24.8 Å². The Morgan fingerprint density at radius 1 is 1.23 bits per heavy atom. The van der Waals surface area contributed by atoms with Gasteiger partial charge in [0.1, 0.15) is 0 Å². The molecule has 1 amide bonds. The van der Waals surface area contributed by atoms with Crippen molar-refractivity contribution in [3.8, 4) is 11.5 Å². The topological polar surface area (TPSA) is 59.9 Å². The number of nitrogens with one attached hydrogen (secondary N) is 1. The molecule has 0 saturated carbocycles. The Labute approximate surface area is 170 Å². The lowest BCUT2D eigenvalue weighted by molar-refractivity contribution is 0.0954. The molecule has 0 bridgehead atoms. The van der Waals surface area contributed by atoms with E-state index in [2.05, 4.69) is 42.4 Å². The quantitative estimate of drug-likeness (QED) is 0.437. The minimum absolute atomic E-state index is 0.0219. The molecule has 5 nitrogen and oxygen atoms in total. The number of carbonyl (C=O) groups excluding carboxylic acids is 1. The molecule has 2 aromatic rings. The van der Waals surface area contributed by atoms with Crippen LogP contribution in [0.4, 0.5) is 0 Å². The molecule has 7 heteroatoms. The van der Waals surface area contributed by atoms with Crippen molar-refractivity contribution in [1.82, 2.24) is 5.43 Å². The van der Waals surface area contributed by atoms with Crippen molar-refractivity contribution < 1.29 is 14.3 Å². The number of benzene rings is 2. The zero-order chi connectivity index (χ0) is 19.1. The monoisotopic (exact) mass is 482 g/mol. The summed E-state index contributed by atoms with van der Waals surface area (Å²) in [5.74, 6) is 0.975. The predicted octanol–water partition coefficient (Wildman–Crippen LogP) is 5.16. The van der Waals surface area contributed by atoms with Gasteiger partial charge in [0, 0.05) is 4.47 Å². The van der Waals surface area contributed by atoms with E-state index in [0.29, 0.717) is 28.1 Å². The molecule has 0 radical (unpaired) electrons. The van der Waals surface area contributed by atoms with Crippen LogP contribution in [-0.2, 0) is 0 Å². The summed E-state index contributed by atoms with van der Waals surface area (Å²) in [7, 11) is 0. The maximum atomic E-state index is 12.2. The fourth-order valence-electron chi connectivity index (χ4n) is 2.15. The molecular weight excluding hydrogens is 464 g/mol. The molecule has 0 heterocycles. The lowest BCUT2D eigenvalue weighted by Gasteiger charge is -2.16. The number of hydrazone groups is 1. The lowest BCUT2D eigenvalue weighted by Crippen LogP contribution is -2.18. The third-order valence-corrected chi connectivity index (χ3v) is 4.46. The first kappa shape index (κ1) is 20.5. The molecule has 0 spiro atoms. The zero-order valence-corrected chi connectivity index (χ0v) is 17.9. The minimum atomic E-state index is -0.294. The second kappa shape index (κ2) is 9.73. The van der Waals surface area contributed by atoms with E-state index in [4.69, 9.17) is 9.47 Å². The van der Waals surface area contributed by atoms with Gasteiger partial charge in [0.05, 0.1) is 29.0 Å². The molecule has 0 fully saturated rings. The Bertz CT molecular complexity index is 807. The summed E-state index contributed by atoms with van der Waals surface area (Å²) in [6, 6.07) is 10.8. The molecule has 0 unspecified atom stereocenters. The van der Waals surface area contributed by atoms with Crippen molar-refractivity contribution >= 4 is 44.0 Å².